The van der Waals surface area contributed by atoms with Crippen LogP contribution in [0.1, 0.15) is 85.0 Å². The lowest BCUT2D eigenvalue weighted by atomic mass is 10.1. The Balaban J connectivity index is 3.32. The zero-order valence-corrected chi connectivity index (χ0v) is 18.2. The number of unbranched alkanes of at least 4 members (excludes halogenated alkanes) is 9. The normalized spacial score (nSPS) is 12.1. The third-order valence-corrected chi connectivity index (χ3v) is 9.60. The summed E-state index contributed by atoms with van der Waals surface area (Å²) in [6.07, 6.45) is 13.1. The minimum Gasteiger partial charge on any atom is -0.417 e. The quantitative estimate of drug-likeness (QED) is 0.194. The van der Waals surface area contributed by atoms with Crippen LogP contribution >= 0.6 is 15.9 Å². The number of rotatable bonds is 12. The predicted octanol–water partition coefficient (Wildman–Crippen LogP) is 7.27. The van der Waals surface area contributed by atoms with E-state index in [1.54, 1.807) is 0 Å². The minimum absolute atomic E-state index is 0.340. The van der Waals surface area contributed by atoms with Crippen molar-refractivity contribution in [1.82, 2.24) is 0 Å². The van der Waals surface area contributed by atoms with Crippen molar-refractivity contribution in [2.45, 2.75) is 103 Å². The molecule has 0 atom stereocenters. The smallest absolute Gasteiger partial charge is 0.191 e. The highest BCUT2D eigenvalue weighted by atomic mass is 79.9. The first kappa shape index (κ1) is 22.2. The molecule has 0 rings (SSSR count). The second kappa shape index (κ2) is 12.6. The van der Waals surface area contributed by atoms with Gasteiger partial charge in [0.2, 0.25) is 0 Å². The molecule has 0 radical (unpaired) electrons. The van der Waals surface area contributed by atoms with E-state index in [1.165, 1.54) is 57.8 Å². The van der Waals surface area contributed by atoms with Gasteiger partial charge in [-0.15, -0.1) is 0 Å². The molecule has 1 nitrogen and oxygen atoms in total. The van der Waals surface area contributed by atoms with E-state index in [0.29, 0.717) is 5.04 Å². The highest BCUT2D eigenvalue weighted by Gasteiger charge is 2.36. The maximum atomic E-state index is 6.21. The molecule has 0 aliphatic carbocycles. The molecule has 0 amide bonds. The van der Waals surface area contributed by atoms with Gasteiger partial charge in [-0.05, 0) is 35.8 Å². The van der Waals surface area contributed by atoms with Gasteiger partial charge in [-0.25, -0.2) is 0 Å². The van der Waals surface area contributed by atoms with E-state index in [9.17, 15) is 0 Å². The lowest BCUT2D eigenvalue weighted by Crippen LogP contribution is -2.40. The Hall–Kier alpha value is 0.217. The van der Waals surface area contributed by atoms with Crippen LogP contribution in [0.15, 0.2) is 0 Å². The summed E-state index contributed by atoms with van der Waals surface area (Å²) in [5, 5.41) is 0.340. The highest BCUT2D eigenvalue weighted by Crippen LogP contribution is 2.36. The zero-order chi connectivity index (χ0) is 16.9. The molecule has 130 valence electrons. The van der Waals surface area contributed by atoms with E-state index < -0.39 is 8.32 Å². The van der Waals surface area contributed by atoms with Crippen LogP contribution in [0.5, 0.6) is 0 Å². The van der Waals surface area contributed by atoms with Gasteiger partial charge in [0.15, 0.2) is 8.32 Å². The van der Waals surface area contributed by atoms with E-state index in [1.807, 2.05) is 0 Å². The van der Waals surface area contributed by atoms with Gasteiger partial charge in [0.1, 0.15) is 0 Å². The summed E-state index contributed by atoms with van der Waals surface area (Å²) >= 11 is 3.13. The SMILES string of the molecule is CC(C)(C)[Si](C)(C)OCCCCCCCCCCCC#CBr. The second-order valence-electron chi connectivity index (χ2n) is 7.81. The predicted molar refractivity (Wildman–Crippen MR) is 106 cm³/mol. The number of halogens is 1. The van der Waals surface area contributed by atoms with Gasteiger partial charge < -0.3 is 4.43 Å². The van der Waals surface area contributed by atoms with Crippen LogP contribution in [0.25, 0.3) is 0 Å². The molecule has 0 unspecified atom stereocenters. The largest absolute Gasteiger partial charge is 0.417 e. The summed E-state index contributed by atoms with van der Waals surface area (Å²) in [5.41, 5.74) is 0. The molecule has 0 bridgehead atoms. The van der Waals surface area contributed by atoms with E-state index in [-0.39, 0.29) is 0 Å². The maximum absolute atomic E-state index is 6.21. The molecule has 0 aliphatic heterocycles. The van der Waals surface area contributed by atoms with Crippen LogP contribution in [0.4, 0.5) is 0 Å². The lowest BCUT2D eigenvalue weighted by Gasteiger charge is -2.36. The molecule has 0 saturated carbocycles. The van der Waals surface area contributed by atoms with E-state index in [4.69, 9.17) is 4.43 Å². The van der Waals surface area contributed by atoms with Gasteiger partial charge in [0.05, 0.1) is 0 Å². The third kappa shape index (κ3) is 11.7. The van der Waals surface area contributed by atoms with Gasteiger partial charge in [-0.1, -0.05) is 71.6 Å². The minimum atomic E-state index is -1.52. The summed E-state index contributed by atoms with van der Waals surface area (Å²) in [6, 6.07) is 0. The van der Waals surface area contributed by atoms with Gasteiger partial charge in [-0.2, -0.15) is 0 Å². The van der Waals surface area contributed by atoms with Crippen LogP contribution in [0, 0.1) is 10.8 Å². The molecule has 3 heteroatoms. The van der Waals surface area contributed by atoms with Crippen molar-refractivity contribution in [2.75, 3.05) is 6.61 Å². The first-order valence-electron chi connectivity index (χ1n) is 9.04. The molecule has 22 heavy (non-hydrogen) atoms. The van der Waals surface area contributed by atoms with E-state index in [0.717, 1.165) is 13.0 Å². The van der Waals surface area contributed by atoms with Crippen LogP contribution in [-0.4, -0.2) is 14.9 Å². The fourth-order valence-electron chi connectivity index (χ4n) is 2.14. The average Bonchev–Trinajstić information content (AvgIpc) is 2.42. The standard InChI is InChI=1S/C19H37BrOSi/c1-19(2,3)22(4,5)21-18-16-14-12-10-8-6-7-9-11-13-15-17-20/h6-14,16,18H2,1-5H3. The Morgan fingerprint density at radius 1 is 0.818 bits per heavy atom. The zero-order valence-electron chi connectivity index (χ0n) is 15.6. The van der Waals surface area contributed by atoms with Crippen molar-refractivity contribution >= 4 is 24.2 Å². The van der Waals surface area contributed by atoms with E-state index in [2.05, 4.69) is 60.5 Å². The average molecular weight is 389 g/mol. The van der Waals surface area contributed by atoms with Crippen LogP contribution in [0.2, 0.25) is 18.1 Å². The van der Waals surface area contributed by atoms with Gasteiger partial charge >= 0.3 is 0 Å². The molecular formula is C19H37BrOSi. The molecular weight excluding hydrogens is 352 g/mol. The third-order valence-electron chi connectivity index (χ3n) is 4.78. The molecule has 0 aliphatic rings. The molecule has 0 aromatic rings. The first-order chi connectivity index (χ1) is 10.3. The van der Waals surface area contributed by atoms with Crippen molar-refractivity contribution in [2.24, 2.45) is 0 Å². The second-order valence-corrected chi connectivity index (χ2v) is 13.0. The van der Waals surface area contributed by atoms with Gasteiger partial charge in [-0.3, -0.25) is 0 Å². The van der Waals surface area contributed by atoms with E-state index >= 15 is 0 Å². The first-order valence-corrected chi connectivity index (χ1v) is 12.7. The molecule has 0 N–H and O–H groups in total. The van der Waals surface area contributed by atoms with Crippen LogP contribution in [0.3, 0.4) is 0 Å². The van der Waals surface area contributed by atoms with Crippen molar-refractivity contribution in [3.63, 3.8) is 0 Å². The van der Waals surface area contributed by atoms with Crippen molar-refractivity contribution in [3.8, 4) is 10.8 Å². The Labute approximate surface area is 149 Å². The molecule has 0 heterocycles. The summed E-state index contributed by atoms with van der Waals surface area (Å²) in [5.74, 6) is 3.06. The molecule has 0 aromatic carbocycles. The van der Waals surface area contributed by atoms with Crippen LogP contribution in [-0.2, 0) is 4.43 Å². The molecule has 0 fully saturated rings. The number of hydrogen-bond acceptors (Lipinski definition) is 1. The topological polar surface area (TPSA) is 9.23 Å². The van der Waals surface area contributed by atoms with Crippen molar-refractivity contribution < 1.29 is 4.43 Å². The number of hydrogen-bond donors (Lipinski definition) is 0. The fourth-order valence-corrected chi connectivity index (χ4v) is 3.43. The Morgan fingerprint density at radius 3 is 1.73 bits per heavy atom. The Morgan fingerprint density at radius 2 is 1.27 bits per heavy atom. The monoisotopic (exact) mass is 388 g/mol. The summed E-state index contributed by atoms with van der Waals surface area (Å²) in [7, 11) is -1.52. The summed E-state index contributed by atoms with van der Waals surface area (Å²) < 4.78 is 6.21. The lowest BCUT2D eigenvalue weighted by molar-refractivity contribution is 0.277. The highest BCUT2D eigenvalue weighted by molar-refractivity contribution is 9.12. The Kier molecular flexibility index (Phi) is 12.7. The molecule has 0 spiro atoms. The van der Waals surface area contributed by atoms with Gasteiger partial charge in [0.25, 0.3) is 0 Å². The Bertz CT molecular complexity index is 323. The molecule has 0 aromatic heterocycles. The van der Waals surface area contributed by atoms with Crippen molar-refractivity contribution in [3.05, 3.63) is 0 Å². The summed E-state index contributed by atoms with van der Waals surface area (Å²) in [4.78, 5) is 2.78. The van der Waals surface area contributed by atoms with Gasteiger partial charge in [0, 0.05) is 29.0 Å². The maximum Gasteiger partial charge on any atom is 0.191 e. The van der Waals surface area contributed by atoms with Crippen LogP contribution < -0.4 is 0 Å². The molecule has 0 saturated heterocycles. The fraction of sp³-hybridized carbons (Fsp3) is 0.895. The van der Waals surface area contributed by atoms with Crippen molar-refractivity contribution in [1.29, 1.82) is 0 Å². The summed E-state index contributed by atoms with van der Waals surface area (Å²) in [6.45, 7) is 12.6.